The fourth-order valence-corrected chi connectivity index (χ4v) is 2.21. The van der Waals surface area contributed by atoms with Crippen LogP contribution in [0.2, 0.25) is 0 Å². The van der Waals surface area contributed by atoms with Gasteiger partial charge in [-0.15, -0.1) is 0 Å². The van der Waals surface area contributed by atoms with E-state index in [0.29, 0.717) is 12.6 Å². The largest absolute Gasteiger partial charge is 0.461 e. The average molecular weight is 281 g/mol. The van der Waals surface area contributed by atoms with E-state index in [4.69, 9.17) is 9.15 Å². The number of piperidine rings is 1. The molecule has 1 amide bonds. The fraction of sp³-hybridized carbons (Fsp3) is 0.615. The van der Waals surface area contributed by atoms with E-state index in [1.54, 1.807) is 6.92 Å². The lowest BCUT2D eigenvalue weighted by Gasteiger charge is -2.30. The molecule has 7 nitrogen and oxygen atoms in total. The Morgan fingerprint density at radius 2 is 2.20 bits per heavy atom. The molecule has 1 aliphatic rings. The molecule has 7 heteroatoms. The molecule has 0 bridgehead atoms. The van der Waals surface area contributed by atoms with Crippen LogP contribution >= 0.6 is 0 Å². The highest BCUT2D eigenvalue weighted by Crippen LogP contribution is 2.19. The van der Waals surface area contributed by atoms with Crippen LogP contribution in [0.15, 0.2) is 10.7 Å². The van der Waals surface area contributed by atoms with Crippen molar-refractivity contribution in [3.05, 3.63) is 12.0 Å². The molecule has 1 aromatic heterocycles. The van der Waals surface area contributed by atoms with Gasteiger partial charge in [-0.1, -0.05) is 0 Å². The van der Waals surface area contributed by atoms with Gasteiger partial charge in [0.15, 0.2) is 5.69 Å². The van der Waals surface area contributed by atoms with Crippen LogP contribution in [0, 0.1) is 0 Å². The molecule has 0 unspecified atom stereocenters. The lowest BCUT2D eigenvalue weighted by Crippen LogP contribution is -2.44. The Labute approximate surface area is 117 Å². The van der Waals surface area contributed by atoms with Gasteiger partial charge < -0.3 is 19.4 Å². The van der Waals surface area contributed by atoms with Crippen molar-refractivity contribution < 1.29 is 18.7 Å². The third-order valence-corrected chi connectivity index (χ3v) is 3.15. The first-order valence-corrected chi connectivity index (χ1v) is 6.75. The molecule has 0 saturated carbocycles. The van der Waals surface area contributed by atoms with E-state index in [9.17, 15) is 9.59 Å². The molecule has 110 valence electrons. The summed E-state index contributed by atoms with van der Waals surface area (Å²) in [6, 6.07) is 0.623. The molecule has 0 aliphatic carbocycles. The molecule has 0 radical (unpaired) electrons. The maximum atomic E-state index is 11.5. The van der Waals surface area contributed by atoms with E-state index < -0.39 is 5.97 Å². The molecule has 1 N–H and O–H groups in total. The highest BCUT2D eigenvalue weighted by Gasteiger charge is 2.24. The quantitative estimate of drug-likeness (QED) is 0.827. The minimum absolute atomic E-state index is 0.0100. The Morgan fingerprint density at radius 1 is 1.50 bits per heavy atom. The van der Waals surface area contributed by atoms with Crippen molar-refractivity contribution >= 4 is 17.9 Å². The predicted molar refractivity (Wildman–Crippen MR) is 71.5 cm³/mol. The highest BCUT2D eigenvalue weighted by atomic mass is 16.5. The van der Waals surface area contributed by atoms with Crippen LogP contribution in [-0.2, 0) is 9.53 Å². The third kappa shape index (κ3) is 3.49. The summed E-state index contributed by atoms with van der Waals surface area (Å²) in [5, 5.41) is 2.90. The number of aromatic nitrogens is 1. The Bertz CT molecular complexity index is 478. The summed E-state index contributed by atoms with van der Waals surface area (Å²) in [5.74, 6) is -0.486. The normalized spacial score (nSPS) is 16.0. The summed E-state index contributed by atoms with van der Waals surface area (Å²) >= 11 is 0. The number of anilines is 1. The molecule has 1 aromatic rings. The number of hydrogen-bond acceptors (Lipinski definition) is 6. The summed E-state index contributed by atoms with van der Waals surface area (Å²) in [6.07, 6.45) is 2.97. The van der Waals surface area contributed by atoms with E-state index in [1.165, 1.54) is 13.2 Å². The first-order valence-electron chi connectivity index (χ1n) is 6.75. The van der Waals surface area contributed by atoms with Crippen molar-refractivity contribution in [2.75, 3.05) is 24.6 Å². The molecule has 1 saturated heterocycles. The van der Waals surface area contributed by atoms with E-state index in [2.05, 4.69) is 10.3 Å². The van der Waals surface area contributed by atoms with Gasteiger partial charge in [0.05, 0.1) is 6.61 Å². The summed E-state index contributed by atoms with van der Waals surface area (Å²) in [5.41, 5.74) is 0.186. The van der Waals surface area contributed by atoms with Crippen molar-refractivity contribution in [3.8, 4) is 0 Å². The van der Waals surface area contributed by atoms with Crippen LogP contribution < -0.4 is 10.2 Å². The van der Waals surface area contributed by atoms with Gasteiger partial charge in [0.1, 0.15) is 6.26 Å². The second kappa shape index (κ2) is 6.40. The SMILES string of the molecule is CCOC(=O)c1coc(N2CCC(NC(C)=O)CC2)n1. The van der Waals surface area contributed by atoms with Gasteiger partial charge in [0, 0.05) is 26.1 Å². The van der Waals surface area contributed by atoms with Crippen molar-refractivity contribution in [1.82, 2.24) is 10.3 Å². The van der Waals surface area contributed by atoms with E-state index >= 15 is 0 Å². The molecule has 0 spiro atoms. The number of nitrogens with zero attached hydrogens (tertiary/aromatic N) is 2. The Kier molecular flexibility index (Phi) is 4.60. The fourth-order valence-electron chi connectivity index (χ4n) is 2.21. The number of amides is 1. The van der Waals surface area contributed by atoms with Gasteiger partial charge >= 0.3 is 5.97 Å². The molecular weight excluding hydrogens is 262 g/mol. The summed E-state index contributed by atoms with van der Waals surface area (Å²) in [7, 11) is 0. The van der Waals surface area contributed by atoms with Crippen molar-refractivity contribution in [3.63, 3.8) is 0 Å². The number of hydrogen-bond donors (Lipinski definition) is 1. The van der Waals surface area contributed by atoms with Crippen LogP contribution in [-0.4, -0.2) is 42.6 Å². The first kappa shape index (κ1) is 14.4. The Hall–Kier alpha value is -2.05. The van der Waals surface area contributed by atoms with E-state index in [0.717, 1.165) is 25.9 Å². The molecular formula is C13H19N3O4. The molecule has 2 heterocycles. The highest BCUT2D eigenvalue weighted by molar-refractivity contribution is 5.87. The smallest absolute Gasteiger partial charge is 0.360 e. The molecule has 0 atom stereocenters. The molecule has 0 aromatic carbocycles. The lowest BCUT2D eigenvalue weighted by molar-refractivity contribution is -0.119. The first-order chi connectivity index (χ1) is 9.60. The van der Waals surface area contributed by atoms with Gasteiger partial charge in [0.25, 0.3) is 6.01 Å². The number of rotatable bonds is 4. The molecule has 2 rings (SSSR count). The Morgan fingerprint density at radius 3 is 2.80 bits per heavy atom. The average Bonchev–Trinajstić information content (AvgIpc) is 2.89. The zero-order chi connectivity index (χ0) is 14.5. The van der Waals surface area contributed by atoms with Gasteiger partial charge in [-0.2, -0.15) is 4.98 Å². The van der Waals surface area contributed by atoms with Crippen molar-refractivity contribution in [2.24, 2.45) is 0 Å². The van der Waals surface area contributed by atoms with Crippen LogP contribution in [0.25, 0.3) is 0 Å². The zero-order valence-electron chi connectivity index (χ0n) is 11.7. The topological polar surface area (TPSA) is 84.7 Å². The standard InChI is InChI=1S/C13H19N3O4/c1-3-19-12(18)11-8-20-13(15-11)16-6-4-10(5-7-16)14-9(2)17/h8,10H,3-7H2,1-2H3,(H,14,17). The maximum Gasteiger partial charge on any atom is 0.360 e. The van der Waals surface area contributed by atoms with Crippen LogP contribution in [0.5, 0.6) is 0 Å². The van der Waals surface area contributed by atoms with Gasteiger partial charge in [0.2, 0.25) is 5.91 Å². The second-order valence-corrected chi connectivity index (χ2v) is 4.70. The third-order valence-electron chi connectivity index (χ3n) is 3.15. The zero-order valence-corrected chi connectivity index (χ0v) is 11.7. The number of carbonyl (C=O) groups excluding carboxylic acids is 2. The van der Waals surface area contributed by atoms with Gasteiger partial charge in [-0.3, -0.25) is 4.79 Å². The number of carbonyl (C=O) groups is 2. The van der Waals surface area contributed by atoms with Gasteiger partial charge in [-0.25, -0.2) is 4.79 Å². The van der Waals surface area contributed by atoms with Crippen LogP contribution in [0.3, 0.4) is 0 Å². The molecule has 1 fully saturated rings. The number of nitrogens with one attached hydrogen (secondary N) is 1. The minimum Gasteiger partial charge on any atom is -0.461 e. The second-order valence-electron chi connectivity index (χ2n) is 4.70. The van der Waals surface area contributed by atoms with E-state index in [-0.39, 0.29) is 17.6 Å². The van der Waals surface area contributed by atoms with E-state index in [1.807, 2.05) is 4.90 Å². The van der Waals surface area contributed by atoms with Gasteiger partial charge in [-0.05, 0) is 19.8 Å². The van der Waals surface area contributed by atoms with Crippen LogP contribution in [0.1, 0.15) is 37.2 Å². The molecule has 20 heavy (non-hydrogen) atoms. The van der Waals surface area contributed by atoms with Crippen molar-refractivity contribution in [1.29, 1.82) is 0 Å². The minimum atomic E-state index is -0.476. The number of esters is 1. The summed E-state index contributed by atoms with van der Waals surface area (Å²) in [6.45, 7) is 5.03. The maximum absolute atomic E-state index is 11.5. The summed E-state index contributed by atoms with van der Waals surface area (Å²) < 4.78 is 10.2. The number of ether oxygens (including phenoxy) is 1. The molecule has 1 aliphatic heterocycles. The monoisotopic (exact) mass is 281 g/mol. The Balaban J connectivity index is 1.91. The lowest BCUT2D eigenvalue weighted by atomic mass is 10.1. The summed E-state index contributed by atoms with van der Waals surface area (Å²) in [4.78, 5) is 28.6. The van der Waals surface area contributed by atoms with Crippen LogP contribution in [0.4, 0.5) is 6.01 Å². The predicted octanol–water partition coefficient (Wildman–Crippen LogP) is 0.956. The van der Waals surface area contributed by atoms with Crippen molar-refractivity contribution in [2.45, 2.75) is 32.7 Å². The number of oxazole rings is 1.